The van der Waals surface area contributed by atoms with E-state index in [0.29, 0.717) is 12.3 Å². The van der Waals surface area contributed by atoms with Crippen LogP contribution >= 0.6 is 0 Å². The zero-order valence-corrected chi connectivity index (χ0v) is 18.7. The van der Waals surface area contributed by atoms with Crippen molar-refractivity contribution < 1.29 is 29.6 Å². The van der Waals surface area contributed by atoms with E-state index >= 15 is 0 Å². The van der Waals surface area contributed by atoms with Gasteiger partial charge in [-0.3, -0.25) is 9.59 Å². The zero-order valence-electron chi connectivity index (χ0n) is 18.7. The number of allylic oxidation sites excluding steroid dienone is 3. The van der Waals surface area contributed by atoms with E-state index in [4.69, 9.17) is 9.84 Å². The molecule has 6 nitrogen and oxygen atoms in total. The Labute approximate surface area is 180 Å². The first kappa shape index (κ1) is 24.6. The molecule has 3 N–H and O–H groups in total. The minimum absolute atomic E-state index is 0.0556. The van der Waals surface area contributed by atoms with Crippen LogP contribution in [0.5, 0.6) is 0 Å². The number of carbonyl (C=O) groups is 2. The normalized spacial score (nSPS) is 31.3. The largest absolute Gasteiger partial charge is 0.481 e. The summed E-state index contributed by atoms with van der Waals surface area (Å²) in [7, 11) is 0. The zero-order chi connectivity index (χ0) is 22.4. The number of carboxylic acids is 1. The van der Waals surface area contributed by atoms with E-state index in [1.165, 1.54) is 5.57 Å². The van der Waals surface area contributed by atoms with Crippen molar-refractivity contribution in [1.82, 2.24) is 0 Å². The highest BCUT2D eigenvalue weighted by molar-refractivity contribution is 5.72. The highest BCUT2D eigenvalue weighted by Crippen LogP contribution is 2.45. The molecule has 2 aliphatic carbocycles. The SMILES string of the molecule is CC[C@H](C)C(=O)O[C@@H]1C[C@H](C)C=C2C=C[C@H](C)[C@H](CC[C@H](O)C[C@@H](O)CC(=O)O)[C@@H]21. The number of hydrogen-bond donors (Lipinski definition) is 3. The second-order valence-corrected chi connectivity index (χ2v) is 9.29. The molecule has 6 heteroatoms. The number of aliphatic carboxylic acids is 1. The molecular formula is C24H38O6. The molecule has 8 atom stereocenters. The lowest BCUT2D eigenvalue weighted by Crippen LogP contribution is -2.41. The lowest BCUT2D eigenvalue weighted by atomic mass is 9.65. The van der Waals surface area contributed by atoms with Gasteiger partial charge in [-0.15, -0.1) is 0 Å². The molecule has 0 aliphatic heterocycles. The number of rotatable bonds is 10. The molecule has 0 amide bonds. The first-order chi connectivity index (χ1) is 14.1. The van der Waals surface area contributed by atoms with Gasteiger partial charge in [0.25, 0.3) is 0 Å². The molecule has 0 fully saturated rings. The van der Waals surface area contributed by atoms with E-state index in [-0.39, 0.29) is 48.6 Å². The Balaban J connectivity index is 2.09. The van der Waals surface area contributed by atoms with Crippen LogP contribution in [0.1, 0.15) is 66.2 Å². The number of aliphatic hydroxyl groups is 2. The summed E-state index contributed by atoms with van der Waals surface area (Å²) in [5.74, 6) is -0.406. The molecule has 2 rings (SSSR count). The van der Waals surface area contributed by atoms with Crippen LogP contribution in [0, 0.1) is 29.6 Å². The number of hydrogen-bond acceptors (Lipinski definition) is 5. The van der Waals surface area contributed by atoms with E-state index in [1.54, 1.807) is 0 Å². The molecule has 30 heavy (non-hydrogen) atoms. The van der Waals surface area contributed by atoms with Gasteiger partial charge in [-0.25, -0.2) is 0 Å². The van der Waals surface area contributed by atoms with Crippen molar-refractivity contribution in [1.29, 1.82) is 0 Å². The molecule has 0 bridgehead atoms. The summed E-state index contributed by atoms with van der Waals surface area (Å²) >= 11 is 0. The summed E-state index contributed by atoms with van der Waals surface area (Å²) in [5.41, 5.74) is 1.21. The summed E-state index contributed by atoms with van der Waals surface area (Å²) in [6.07, 6.45) is 7.07. The number of carbonyl (C=O) groups excluding carboxylic acids is 1. The van der Waals surface area contributed by atoms with Crippen LogP contribution in [0.25, 0.3) is 0 Å². The third-order valence-electron chi connectivity index (χ3n) is 6.67. The predicted molar refractivity (Wildman–Crippen MR) is 115 cm³/mol. The Bertz CT molecular complexity index is 654. The van der Waals surface area contributed by atoms with Gasteiger partial charge in [-0.2, -0.15) is 0 Å². The first-order valence-electron chi connectivity index (χ1n) is 11.3. The van der Waals surface area contributed by atoms with Crippen molar-refractivity contribution in [3.05, 3.63) is 23.8 Å². The van der Waals surface area contributed by atoms with Crippen molar-refractivity contribution in [2.75, 3.05) is 0 Å². The maximum Gasteiger partial charge on any atom is 0.308 e. The Morgan fingerprint density at radius 2 is 1.93 bits per heavy atom. The van der Waals surface area contributed by atoms with Gasteiger partial charge in [0.2, 0.25) is 0 Å². The predicted octanol–water partition coefficient (Wildman–Crippen LogP) is 3.72. The lowest BCUT2D eigenvalue weighted by Gasteiger charge is -2.43. The average molecular weight is 423 g/mol. The number of aliphatic hydroxyl groups excluding tert-OH is 2. The Morgan fingerprint density at radius 1 is 1.23 bits per heavy atom. The van der Waals surface area contributed by atoms with Crippen molar-refractivity contribution in [3.8, 4) is 0 Å². The average Bonchev–Trinajstić information content (AvgIpc) is 2.65. The fourth-order valence-electron chi connectivity index (χ4n) is 4.76. The van der Waals surface area contributed by atoms with Gasteiger partial charge in [-0.05, 0) is 55.4 Å². The van der Waals surface area contributed by atoms with E-state index in [2.05, 4.69) is 32.1 Å². The third-order valence-corrected chi connectivity index (χ3v) is 6.67. The molecule has 0 unspecified atom stereocenters. The first-order valence-corrected chi connectivity index (χ1v) is 11.3. The summed E-state index contributed by atoms with van der Waals surface area (Å²) in [6, 6.07) is 0. The lowest BCUT2D eigenvalue weighted by molar-refractivity contribution is -0.158. The maximum absolute atomic E-state index is 12.5. The summed E-state index contributed by atoms with van der Waals surface area (Å²) in [4.78, 5) is 23.2. The Morgan fingerprint density at radius 3 is 2.57 bits per heavy atom. The van der Waals surface area contributed by atoms with Crippen LogP contribution in [0.4, 0.5) is 0 Å². The van der Waals surface area contributed by atoms with E-state index in [9.17, 15) is 19.8 Å². The number of fused-ring (bicyclic) bond motifs is 1. The number of ether oxygens (including phenoxy) is 1. The second kappa shape index (κ2) is 11.1. The molecule has 0 saturated carbocycles. The van der Waals surface area contributed by atoms with Crippen LogP contribution < -0.4 is 0 Å². The van der Waals surface area contributed by atoms with E-state index in [0.717, 1.165) is 19.3 Å². The minimum Gasteiger partial charge on any atom is -0.481 e. The van der Waals surface area contributed by atoms with Crippen LogP contribution in [-0.2, 0) is 14.3 Å². The highest BCUT2D eigenvalue weighted by Gasteiger charge is 2.41. The Hall–Kier alpha value is -1.66. The molecule has 0 aromatic carbocycles. The number of esters is 1. The maximum atomic E-state index is 12.5. The molecule has 170 valence electrons. The van der Waals surface area contributed by atoms with Gasteiger partial charge < -0.3 is 20.1 Å². The molecule has 0 saturated heterocycles. The third kappa shape index (κ3) is 6.67. The fourth-order valence-corrected chi connectivity index (χ4v) is 4.76. The van der Waals surface area contributed by atoms with Crippen LogP contribution in [-0.4, -0.2) is 45.6 Å². The second-order valence-electron chi connectivity index (χ2n) is 9.29. The van der Waals surface area contributed by atoms with Crippen LogP contribution in [0.15, 0.2) is 23.8 Å². The quantitative estimate of drug-likeness (QED) is 0.464. The summed E-state index contributed by atoms with van der Waals surface area (Å²) in [6.45, 7) is 8.16. The Kier molecular flexibility index (Phi) is 9.10. The summed E-state index contributed by atoms with van der Waals surface area (Å²) < 4.78 is 6.00. The molecule has 0 radical (unpaired) electrons. The molecule has 0 aromatic rings. The van der Waals surface area contributed by atoms with Crippen molar-refractivity contribution in [2.24, 2.45) is 29.6 Å². The van der Waals surface area contributed by atoms with Crippen LogP contribution in [0.3, 0.4) is 0 Å². The molecule has 0 spiro atoms. The van der Waals surface area contributed by atoms with Crippen LogP contribution in [0.2, 0.25) is 0 Å². The molecular weight excluding hydrogens is 384 g/mol. The summed E-state index contributed by atoms with van der Waals surface area (Å²) in [5, 5.41) is 28.9. The topological polar surface area (TPSA) is 104 Å². The van der Waals surface area contributed by atoms with E-state index in [1.807, 2.05) is 13.8 Å². The van der Waals surface area contributed by atoms with Crippen molar-refractivity contribution >= 4 is 11.9 Å². The van der Waals surface area contributed by atoms with Gasteiger partial charge in [0.05, 0.1) is 24.5 Å². The van der Waals surface area contributed by atoms with Gasteiger partial charge in [0.1, 0.15) is 6.10 Å². The number of carboxylic acid groups (broad SMARTS) is 1. The molecule has 0 heterocycles. The monoisotopic (exact) mass is 422 g/mol. The van der Waals surface area contributed by atoms with Gasteiger partial charge in [0.15, 0.2) is 0 Å². The van der Waals surface area contributed by atoms with Crippen molar-refractivity contribution in [3.63, 3.8) is 0 Å². The van der Waals surface area contributed by atoms with Gasteiger partial charge >= 0.3 is 11.9 Å². The highest BCUT2D eigenvalue weighted by atomic mass is 16.5. The molecule has 0 aromatic heterocycles. The minimum atomic E-state index is -1.07. The molecule has 2 aliphatic rings. The van der Waals surface area contributed by atoms with Crippen molar-refractivity contribution in [2.45, 2.75) is 84.5 Å². The van der Waals surface area contributed by atoms with E-state index < -0.39 is 18.2 Å². The smallest absolute Gasteiger partial charge is 0.308 e. The fraction of sp³-hybridized carbons (Fsp3) is 0.750. The van der Waals surface area contributed by atoms with Gasteiger partial charge in [0, 0.05) is 5.92 Å². The van der Waals surface area contributed by atoms with Gasteiger partial charge in [-0.1, -0.05) is 45.9 Å². The standard InChI is InChI=1S/C24H38O6/c1-5-15(3)24(29)30-21-11-14(2)10-17-7-6-16(4)20(23(17)21)9-8-18(25)12-19(26)13-22(27)28/h6-7,10,14-16,18-21,23,25-26H,5,8-9,11-13H2,1-4H3,(H,27,28)/t14-,15+,16+,18+,19-,20+,21-,23-/m1/s1.